The van der Waals surface area contributed by atoms with E-state index in [4.69, 9.17) is 4.98 Å². The van der Waals surface area contributed by atoms with Crippen molar-refractivity contribution in [3.05, 3.63) is 69.2 Å². The van der Waals surface area contributed by atoms with Crippen molar-refractivity contribution >= 4 is 54.8 Å². The Morgan fingerprint density at radius 2 is 1.94 bits per heavy atom. The molecular weight excluding hydrogens is 466 g/mol. The van der Waals surface area contributed by atoms with Crippen LogP contribution in [0.3, 0.4) is 0 Å². The van der Waals surface area contributed by atoms with E-state index in [9.17, 15) is 9.59 Å². The van der Waals surface area contributed by atoms with Gasteiger partial charge in [0.25, 0.3) is 11.5 Å². The number of aryl methyl sites for hydroxylation is 2. The first kappa shape index (κ1) is 21.1. The summed E-state index contributed by atoms with van der Waals surface area (Å²) in [5, 5.41) is 4.31. The van der Waals surface area contributed by atoms with E-state index in [1.807, 2.05) is 37.3 Å². The lowest BCUT2D eigenvalue weighted by atomic mass is 10.2. The third-order valence-corrected chi connectivity index (χ3v) is 8.43. The summed E-state index contributed by atoms with van der Waals surface area (Å²) in [7, 11) is 0. The van der Waals surface area contributed by atoms with Crippen molar-refractivity contribution in [1.82, 2.24) is 19.5 Å². The van der Waals surface area contributed by atoms with Gasteiger partial charge in [-0.1, -0.05) is 18.6 Å². The maximum atomic E-state index is 13.2. The van der Waals surface area contributed by atoms with Gasteiger partial charge in [0.2, 0.25) is 0 Å². The maximum absolute atomic E-state index is 13.2. The number of rotatable bonds is 3. The molecule has 7 nitrogen and oxygen atoms in total. The van der Waals surface area contributed by atoms with Gasteiger partial charge in [-0.3, -0.25) is 14.2 Å². The van der Waals surface area contributed by atoms with Crippen molar-refractivity contribution in [3.8, 4) is 10.6 Å². The molecule has 1 N–H and O–H groups in total. The number of aromatic nitrogens is 4. The predicted molar refractivity (Wildman–Crippen MR) is 137 cm³/mol. The maximum Gasteiger partial charge on any atom is 0.267 e. The van der Waals surface area contributed by atoms with Crippen LogP contribution in [0.25, 0.3) is 31.0 Å². The van der Waals surface area contributed by atoms with Crippen LogP contribution in [0.2, 0.25) is 0 Å². The summed E-state index contributed by atoms with van der Waals surface area (Å²) >= 11 is 2.88. The van der Waals surface area contributed by atoms with Gasteiger partial charge < -0.3 is 5.32 Å². The zero-order chi connectivity index (χ0) is 23.2. The van der Waals surface area contributed by atoms with Crippen LogP contribution in [-0.4, -0.2) is 25.4 Å². The molecule has 0 saturated carbocycles. The Balaban J connectivity index is 1.28. The number of thiophene rings is 1. The van der Waals surface area contributed by atoms with Gasteiger partial charge in [-0.05, 0) is 49.6 Å². The summed E-state index contributed by atoms with van der Waals surface area (Å²) in [5.74, 6) is 1.00. The molecule has 1 aromatic carbocycles. The van der Waals surface area contributed by atoms with E-state index < -0.39 is 0 Å². The minimum absolute atomic E-state index is 0.0342. The first-order valence-corrected chi connectivity index (χ1v) is 12.9. The molecule has 0 unspecified atom stereocenters. The van der Waals surface area contributed by atoms with E-state index in [1.54, 1.807) is 28.2 Å². The number of nitrogens with zero attached hydrogens (tertiary/aromatic N) is 4. The Labute approximate surface area is 203 Å². The molecule has 5 aromatic rings. The fraction of sp³-hybridized carbons (Fsp3) is 0.240. The highest BCUT2D eigenvalue weighted by molar-refractivity contribution is 7.21. The topological polar surface area (TPSA) is 89.8 Å². The van der Waals surface area contributed by atoms with E-state index >= 15 is 0 Å². The predicted octanol–water partition coefficient (Wildman–Crippen LogP) is 5.42. The van der Waals surface area contributed by atoms with Crippen LogP contribution < -0.4 is 10.9 Å². The lowest BCUT2D eigenvalue weighted by Crippen LogP contribution is -2.24. The van der Waals surface area contributed by atoms with Crippen LogP contribution in [0.15, 0.2) is 47.4 Å². The average molecular weight is 488 g/mol. The van der Waals surface area contributed by atoms with Crippen LogP contribution in [-0.2, 0) is 13.0 Å². The van der Waals surface area contributed by atoms with Crippen molar-refractivity contribution in [2.75, 3.05) is 5.32 Å². The molecule has 0 saturated heterocycles. The van der Waals surface area contributed by atoms with Gasteiger partial charge in [0.1, 0.15) is 21.5 Å². The van der Waals surface area contributed by atoms with Gasteiger partial charge in [0.05, 0.1) is 20.5 Å². The third kappa shape index (κ3) is 3.61. The number of para-hydroxylation sites is 1. The van der Waals surface area contributed by atoms with Crippen molar-refractivity contribution in [3.63, 3.8) is 0 Å². The number of pyridine rings is 1. The molecule has 6 rings (SSSR count). The summed E-state index contributed by atoms with van der Waals surface area (Å²) in [5.41, 5.74) is 2.51. The SMILES string of the molecule is Cc1c(C(=O)Nc2ccc(-c3nc4ccccc4s3)cn2)sc2nc3n(c(=O)c12)CCCCC3. The van der Waals surface area contributed by atoms with Crippen LogP contribution in [0.4, 0.5) is 5.82 Å². The smallest absolute Gasteiger partial charge is 0.267 e. The van der Waals surface area contributed by atoms with Crippen LogP contribution in [0.5, 0.6) is 0 Å². The van der Waals surface area contributed by atoms with E-state index in [2.05, 4.69) is 15.3 Å². The molecular formula is C25H21N5O2S2. The Bertz CT molecular complexity index is 1580. The molecule has 34 heavy (non-hydrogen) atoms. The lowest BCUT2D eigenvalue weighted by molar-refractivity contribution is 0.102. The van der Waals surface area contributed by atoms with Crippen molar-refractivity contribution < 1.29 is 4.79 Å². The summed E-state index contributed by atoms with van der Waals surface area (Å²) in [6.45, 7) is 2.52. The summed E-state index contributed by atoms with van der Waals surface area (Å²) < 4.78 is 2.91. The van der Waals surface area contributed by atoms with E-state index in [0.29, 0.717) is 33.0 Å². The quantitative estimate of drug-likeness (QED) is 0.367. The molecule has 5 heterocycles. The normalized spacial score (nSPS) is 13.7. The lowest BCUT2D eigenvalue weighted by Gasteiger charge is -2.08. The average Bonchev–Trinajstić information content (AvgIpc) is 3.33. The minimum atomic E-state index is -0.277. The molecule has 0 radical (unpaired) electrons. The molecule has 9 heteroatoms. The number of thiazole rings is 1. The summed E-state index contributed by atoms with van der Waals surface area (Å²) in [6.07, 6.45) is 5.64. The molecule has 0 atom stereocenters. The second-order valence-electron chi connectivity index (χ2n) is 8.40. The van der Waals surface area contributed by atoms with E-state index in [0.717, 1.165) is 52.3 Å². The highest BCUT2D eigenvalue weighted by Gasteiger charge is 2.22. The molecule has 170 valence electrons. The number of benzene rings is 1. The third-order valence-electron chi connectivity index (χ3n) is 6.16. The molecule has 1 amide bonds. The van der Waals surface area contributed by atoms with Gasteiger partial charge in [0.15, 0.2) is 0 Å². The van der Waals surface area contributed by atoms with Gasteiger partial charge in [0, 0.05) is 24.7 Å². The number of amides is 1. The largest absolute Gasteiger partial charge is 0.306 e. The second-order valence-corrected chi connectivity index (χ2v) is 10.4. The Kier molecular flexibility index (Phi) is 5.23. The molecule has 1 aliphatic heterocycles. The molecule has 0 bridgehead atoms. The number of carbonyl (C=O) groups excluding carboxylic acids is 1. The van der Waals surface area contributed by atoms with Crippen LogP contribution in [0.1, 0.15) is 40.3 Å². The van der Waals surface area contributed by atoms with E-state index in [-0.39, 0.29) is 11.5 Å². The first-order valence-electron chi connectivity index (χ1n) is 11.2. The number of fused-ring (bicyclic) bond motifs is 3. The van der Waals surface area contributed by atoms with Gasteiger partial charge in [-0.2, -0.15) is 0 Å². The zero-order valence-corrected chi connectivity index (χ0v) is 20.1. The van der Waals surface area contributed by atoms with Gasteiger partial charge >= 0.3 is 0 Å². The minimum Gasteiger partial charge on any atom is -0.306 e. The van der Waals surface area contributed by atoms with Crippen LogP contribution >= 0.6 is 22.7 Å². The highest BCUT2D eigenvalue weighted by atomic mass is 32.1. The number of anilines is 1. The molecule has 1 aliphatic rings. The van der Waals surface area contributed by atoms with E-state index in [1.165, 1.54) is 11.3 Å². The molecule has 0 spiro atoms. The van der Waals surface area contributed by atoms with Gasteiger partial charge in [-0.15, -0.1) is 22.7 Å². The second kappa shape index (κ2) is 8.41. The molecule has 0 fully saturated rings. The Morgan fingerprint density at radius 3 is 2.76 bits per heavy atom. The van der Waals surface area contributed by atoms with Crippen LogP contribution in [0, 0.1) is 6.92 Å². The molecule has 4 aromatic heterocycles. The summed E-state index contributed by atoms with van der Waals surface area (Å²) in [4.78, 5) is 41.2. The Morgan fingerprint density at radius 1 is 1.06 bits per heavy atom. The number of hydrogen-bond donors (Lipinski definition) is 1. The number of carbonyl (C=O) groups is 1. The van der Waals surface area contributed by atoms with Crippen molar-refractivity contribution in [2.24, 2.45) is 0 Å². The fourth-order valence-electron chi connectivity index (χ4n) is 4.39. The zero-order valence-electron chi connectivity index (χ0n) is 18.5. The van der Waals surface area contributed by atoms with Crippen molar-refractivity contribution in [1.29, 1.82) is 0 Å². The number of hydrogen-bond acceptors (Lipinski definition) is 7. The summed E-state index contributed by atoms with van der Waals surface area (Å²) in [6, 6.07) is 11.7. The monoisotopic (exact) mass is 487 g/mol. The Hall–Kier alpha value is -3.43. The highest BCUT2D eigenvalue weighted by Crippen LogP contribution is 2.31. The first-order chi connectivity index (χ1) is 16.6. The van der Waals surface area contributed by atoms with Gasteiger partial charge in [-0.25, -0.2) is 15.0 Å². The standard InChI is InChI=1S/C25H21N5O2S2/c1-14-20-24(29-19-9-3-2-6-12-30(19)25(20)32)34-21(14)22(31)28-18-11-10-15(13-26-18)23-27-16-7-4-5-8-17(16)33-23/h4-5,7-8,10-11,13H,2-3,6,9,12H2,1H3,(H,26,28,31). The fourth-order valence-corrected chi connectivity index (χ4v) is 6.43. The molecule has 0 aliphatic carbocycles. The van der Waals surface area contributed by atoms with Crippen molar-refractivity contribution in [2.45, 2.75) is 39.2 Å². The number of nitrogens with one attached hydrogen (secondary N) is 1.